The van der Waals surface area contributed by atoms with Gasteiger partial charge in [0.05, 0.1) is 10.7 Å². The van der Waals surface area contributed by atoms with Crippen molar-refractivity contribution in [2.75, 3.05) is 5.32 Å². The van der Waals surface area contributed by atoms with Crippen LogP contribution in [0.3, 0.4) is 0 Å². The second kappa shape index (κ2) is 5.43. The van der Waals surface area contributed by atoms with Crippen molar-refractivity contribution in [3.05, 3.63) is 70.8 Å². The summed E-state index contributed by atoms with van der Waals surface area (Å²) in [6.07, 6.45) is 2.16. The molecule has 3 N–H and O–H groups in total. The van der Waals surface area contributed by atoms with Gasteiger partial charge in [0.2, 0.25) is 0 Å². The first-order valence-electron chi connectivity index (χ1n) is 8.09. The van der Waals surface area contributed by atoms with Gasteiger partial charge in [0.15, 0.2) is 0 Å². The molecule has 0 saturated carbocycles. The van der Waals surface area contributed by atoms with E-state index in [0.29, 0.717) is 10.7 Å². The van der Waals surface area contributed by atoms with Gasteiger partial charge in [-0.25, -0.2) is 0 Å². The van der Waals surface area contributed by atoms with Crippen molar-refractivity contribution in [2.24, 2.45) is 0 Å². The molecule has 1 aliphatic carbocycles. The molecule has 0 aliphatic heterocycles. The van der Waals surface area contributed by atoms with Crippen LogP contribution < -0.4 is 5.32 Å². The number of nitrogens with one attached hydrogen (secondary N) is 1. The maximum absolute atomic E-state index is 9.75. The smallest absolute Gasteiger partial charge is 0.117 e. The molecule has 4 heteroatoms. The van der Waals surface area contributed by atoms with Gasteiger partial charge in [-0.15, -0.1) is 0 Å². The summed E-state index contributed by atoms with van der Waals surface area (Å²) in [7, 11) is 0. The van der Waals surface area contributed by atoms with Crippen LogP contribution in [-0.4, -0.2) is 10.2 Å². The molecule has 0 bridgehead atoms. The van der Waals surface area contributed by atoms with Gasteiger partial charge in [-0.05, 0) is 52.7 Å². The molecular formula is C21H18ClNO2. The lowest BCUT2D eigenvalue weighted by atomic mass is 9.86. The first kappa shape index (κ1) is 15.9. The molecule has 3 nitrogen and oxygen atoms in total. The van der Waals surface area contributed by atoms with Crippen molar-refractivity contribution in [3.8, 4) is 11.5 Å². The highest BCUT2D eigenvalue weighted by Crippen LogP contribution is 2.43. The van der Waals surface area contributed by atoms with Gasteiger partial charge in [-0.2, -0.15) is 0 Å². The number of phenolic OH excluding ortho intramolecular Hbond substituents is 2. The Balaban J connectivity index is 1.84. The van der Waals surface area contributed by atoms with Crippen LogP contribution in [0.4, 0.5) is 5.69 Å². The van der Waals surface area contributed by atoms with E-state index < -0.39 is 0 Å². The Bertz CT molecular complexity index is 1040. The number of anilines is 1. The Morgan fingerprint density at radius 1 is 0.880 bits per heavy atom. The Morgan fingerprint density at radius 2 is 1.60 bits per heavy atom. The summed E-state index contributed by atoms with van der Waals surface area (Å²) < 4.78 is 0. The molecule has 0 heterocycles. The number of phenols is 2. The summed E-state index contributed by atoms with van der Waals surface area (Å²) in [6.45, 7) is 4.30. The third-order valence-electron chi connectivity index (χ3n) is 4.67. The number of rotatable bonds is 2. The molecule has 1 aliphatic rings. The quantitative estimate of drug-likeness (QED) is 0.559. The van der Waals surface area contributed by atoms with Gasteiger partial charge >= 0.3 is 0 Å². The van der Waals surface area contributed by atoms with Gasteiger partial charge in [0.25, 0.3) is 0 Å². The molecule has 4 rings (SSSR count). The summed E-state index contributed by atoms with van der Waals surface area (Å²) in [5.74, 6) is 0.431. The Morgan fingerprint density at radius 3 is 2.40 bits per heavy atom. The SMILES string of the molecule is CC1(C)C=C(Nc2cc(O)ccc2Cl)c2cc3ccc(O)cc3cc21. The van der Waals surface area contributed by atoms with Crippen LogP contribution in [0.15, 0.2) is 54.6 Å². The number of hydrogen-bond donors (Lipinski definition) is 3. The summed E-state index contributed by atoms with van der Waals surface area (Å²) >= 11 is 6.26. The van der Waals surface area contributed by atoms with Gasteiger partial charge in [-0.1, -0.05) is 37.6 Å². The van der Waals surface area contributed by atoms with Crippen molar-refractivity contribution >= 4 is 33.8 Å². The minimum absolute atomic E-state index is 0.152. The highest BCUT2D eigenvalue weighted by molar-refractivity contribution is 6.33. The van der Waals surface area contributed by atoms with Crippen LogP contribution in [0.5, 0.6) is 11.5 Å². The second-order valence-electron chi connectivity index (χ2n) is 7.00. The minimum Gasteiger partial charge on any atom is -0.508 e. The molecule has 0 saturated heterocycles. The zero-order valence-corrected chi connectivity index (χ0v) is 14.7. The van der Waals surface area contributed by atoms with Crippen molar-refractivity contribution in [3.63, 3.8) is 0 Å². The zero-order valence-electron chi connectivity index (χ0n) is 14.0. The van der Waals surface area contributed by atoms with Crippen molar-refractivity contribution in [1.82, 2.24) is 0 Å². The Labute approximate surface area is 151 Å². The van der Waals surface area contributed by atoms with E-state index >= 15 is 0 Å². The normalized spacial score (nSPS) is 15.1. The van der Waals surface area contributed by atoms with Crippen LogP contribution in [0.25, 0.3) is 16.5 Å². The molecule has 0 spiro atoms. The Kier molecular flexibility index (Phi) is 3.44. The van der Waals surface area contributed by atoms with Crippen molar-refractivity contribution in [2.45, 2.75) is 19.3 Å². The molecule has 3 aromatic carbocycles. The molecule has 3 aromatic rings. The molecule has 0 unspecified atom stereocenters. The van der Waals surface area contributed by atoms with E-state index in [0.717, 1.165) is 22.0 Å². The lowest BCUT2D eigenvalue weighted by Crippen LogP contribution is -2.10. The molecule has 0 atom stereocenters. The number of benzene rings is 3. The van der Waals surface area contributed by atoms with Gasteiger partial charge < -0.3 is 15.5 Å². The van der Waals surface area contributed by atoms with E-state index in [4.69, 9.17) is 11.6 Å². The molecule has 0 fully saturated rings. The first-order chi connectivity index (χ1) is 11.8. The fraction of sp³-hybridized carbons (Fsp3) is 0.143. The summed E-state index contributed by atoms with van der Waals surface area (Å²) in [5, 5.41) is 25.5. The van der Waals surface area contributed by atoms with Crippen LogP contribution in [0, 0.1) is 0 Å². The number of halogens is 1. The molecular weight excluding hydrogens is 334 g/mol. The predicted octanol–water partition coefficient (Wildman–Crippen LogP) is 5.65. The predicted molar refractivity (Wildman–Crippen MR) is 103 cm³/mol. The molecule has 25 heavy (non-hydrogen) atoms. The van der Waals surface area contributed by atoms with Crippen LogP contribution in [0.2, 0.25) is 5.02 Å². The fourth-order valence-corrected chi connectivity index (χ4v) is 3.58. The highest BCUT2D eigenvalue weighted by Gasteiger charge is 2.30. The maximum Gasteiger partial charge on any atom is 0.117 e. The van der Waals surface area contributed by atoms with E-state index in [1.165, 1.54) is 5.56 Å². The van der Waals surface area contributed by atoms with E-state index in [-0.39, 0.29) is 16.9 Å². The molecule has 0 amide bonds. The van der Waals surface area contributed by atoms with Crippen molar-refractivity contribution < 1.29 is 10.2 Å². The van der Waals surface area contributed by atoms with Crippen molar-refractivity contribution in [1.29, 1.82) is 0 Å². The molecule has 0 radical (unpaired) electrons. The fourth-order valence-electron chi connectivity index (χ4n) is 3.41. The zero-order chi connectivity index (χ0) is 17.8. The van der Waals surface area contributed by atoms with E-state index in [9.17, 15) is 10.2 Å². The third-order valence-corrected chi connectivity index (χ3v) is 5.00. The summed E-state index contributed by atoms with van der Waals surface area (Å²) in [6, 6.07) is 14.5. The summed E-state index contributed by atoms with van der Waals surface area (Å²) in [5.41, 5.74) is 3.76. The molecule has 126 valence electrons. The van der Waals surface area contributed by atoms with E-state index in [1.807, 2.05) is 6.07 Å². The van der Waals surface area contributed by atoms with E-state index in [2.05, 4.69) is 37.4 Å². The summed E-state index contributed by atoms with van der Waals surface area (Å²) in [4.78, 5) is 0. The topological polar surface area (TPSA) is 52.5 Å². The number of fused-ring (bicyclic) bond motifs is 2. The number of allylic oxidation sites excluding steroid dienone is 1. The monoisotopic (exact) mass is 351 g/mol. The lowest BCUT2D eigenvalue weighted by Gasteiger charge is -2.18. The highest BCUT2D eigenvalue weighted by atomic mass is 35.5. The number of hydrogen-bond acceptors (Lipinski definition) is 3. The van der Waals surface area contributed by atoms with Crippen LogP contribution in [0.1, 0.15) is 25.0 Å². The largest absolute Gasteiger partial charge is 0.508 e. The lowest BCUT2D eigenvalue weighted by molar-refractivity contribution is 0.475. The van der Waals surface area contributed by atoms with Gasteiger partial charge in [0.1, 0.15) is 11.5 Å². The second-order valence-corrected chi connectivity index (χ2v) is 7.41. The minimum atomic E-state index is -0.152. The number of aromatic hydroxyl groups is 2. The van der Waals surface area contributed by atoms with Crippen LogP contribution >= 0.6 is 11.6 Å². The Hall–Kier alpha value is -2.65. The standard InChI is InChI=1S/C21H18ClNO2/c1-21(2)11-20(23-19-10-15(25)5-6-18(19)22)16-8-12-3-4-14(24)7-13(12)9-17(16)21/h3-11,23-25H,1-2H3. The average molecular weight is 352 g/mol. The van der Waals surface area contributed by atoms with E-state index in [1.54, 1.807) is 30.3 Å². The maximum atomic E-state index is 9.75. The van der Waals surface area contributed by atoms with Gasteiger partial charge in [-0.3, -0.25) is 0 Å². The van der Waals surface area contributed by atoms with Gasteiger partial charge in [0, 0.05) is 22.7 Å². The third kappa shape index (κ3) is 2.71. The first-order valence-corrected chi connectivity index (χ1v) is 8.47. The molecule has 0 aromatic heterocycles. The van der Waals surface area contributed by atoms with Crippen LogP contribution in [-0.2, 0) is 5.41 Å². The average Bonchev–Trinajstić information content (AvgIpc) is 2.79.